The van der Waals surface area contributed by atoms with Crippen LogP contribution in [0.5, 0.6) is 0 Å². The lowest BCUT2D eigenvalue weighted by Crippen LogP contribution is -2.22. The monoisotopic (exact) mass is 317 g/mol. The number of Topliss-reactive ketones (excluding diaryl/α,β-unsaturated/α-hetero) is 1. The Kier molecular flexibility index (Phi) is 6.17. The summed E-state index contributed by atoms with van der Waals surface area (Å²) in [5.74, 6) is 0.102. The molecule has 0 saturated carbocycles. The molecule has 0 spiro atoms. The van der Waals surface area contributed by atoms with Crippen LogP contribution in [0.15, 0.2) is 22.7 Å². The minimum absolute atomic E-state index is 0.102. The summed E-state index contributed by atoms with van der Waals surface area (Å²) in [5, 5.41) is 0.516. The van der Waals surface area contributed by atoms with Crippen molar-refractivity contribution in [2.75, 3.05) is 20.1 Å². The summed E-state index contributed by atoms with van der Waals surface area (Å²) in [6, 6.07) is 5.37. The summed E-state index contributed by atoms with van der Waals surface area (Å²) >= 11 is 9.36. The number of nitrogens with zero attached hydrogens (tertiary/aromatic N) is 1. The largest absolute Gasteiger partial charge is 0.306 e. The number of ketones is 1. The lowest BCUT2D eigenvalue weighted by Gasteiger charge is -2.14. The summed E-state index contributed by atoms with van der Waals surface area (Å²) in [7, 11) is 2.03. The van der Waals surface area contributed by atoms with Crippen molar-refractivity contribution in [3.8, 4) is 0 Å². The van der Waals surface area contributed by atoms with Crippen LogP contribution in [0.1, 0.15) is 30.1 Å². The van der Waals surface area contributed by atoms with Gasteiger partial charge in [-0.15, -0.1) is 0 Å². The van der Waals surface area contributed by atoms with E-state index < -0.39 is 0 Å². The van der Waals surface area contributed by atoms with Crippen molar-refractivity contribution in [2.24, 2.45) is 0 Å². The standard InChI is InChI=1S/C13H17BrClNO/c1-3-7-16(2)8-6-13(17)11-5-4-10(14)9-12(11)15/h4-5,9H,3,6-8H2,1-2H3. The number of benzene rings is 1. The highest BCUT2D eigenvalue weighted by Gasteiger charge is 2.11. The third-order valence-electron chi connectivity index (χ3n) is 2.56. The molecular weight excluding hydrogens is 302 g/mol. The zero-order valence-electron chi connectivity index (χ0n) is 10.2. The number of halogens is 2. The minimum Gasteiger partial charge on any atom is -0.306 e. The Balaban J connectivity index is 2.58. The number of hydrogen-bond donors (Lipinski definition) is 0. The molecule has 0 bridgehead atoms. The van der Waals surface area contributed by atoms with Gasteiger partial charge in [0.2, 0.25) is 0 Å². The van der Waals surface area contributed by atoms with Crippen LogP contribution < -0.4 is 0 Å². The first-order chi connectivity index (χ1) is 8.04. The van der Waals surface area contributed by atoms with Crippen LogP contribution in [-0.4, -0.2) is 30.8 Å². The van der Waals surface area contributed by atoms with E-state index >= 15 is 0 Å². The van der Waals surface area contributed by atoms with Gasteiger partial charge in [-0.05, 0) is 38.2 Å². The second-order valence-electron chi connectivity index (χ2n) is 4.10. The minimum atomic E-state index is 0.102. The number of rotatable bonds is 6. The van der Waals surface area contributed by atoms with E-state index in [4.69, 9.17) is 11.6 Å². The zero-order chi connectivity index (χ0) is 12.8. The molecule has 4 heteroatoms. The molecule has 0 fully saturated rings. The second kappa shape index (κ2) is 7.14. The molecule has 0 amide bonds. The van der Waals surface area contributed by atoms with Crippen LogP contribution in [-0.2, 0) is 0 Å². The molecule has 0 atom stereocenters. The first-order valence-electron chi connectivity index (χ1n) is 5.71. The zero-order valence-corrected chi connectivity index (χ0v) is 12.5. The van der Waals surface area contributed by atoms with E-state index in [1.165, 1.54) is 0 Å². The van der Waals surface area contributed by atoms with Gasteiger partial charge in [0.15, 0.2) is 5.78 Å². The van der Waals surface area contributed by atoms with E-state index in [0.29, 0.717) is 17.0 Å². The van der Waals surface area contributed by atoms with Gasteiger partial charge in [0.25, 0.3) is 0 Å². The first-order valence-corrected chi connectivity index (χ1v) is 6.88. The van der Waals surface area contributed by atoms with Crippen LogP contribution in [0.25, 0.3) is 0 Å². The molecule has 0 aliphatic heterocycles. The van der Waals surface area contributed by atoms with E-state index in [1.54, 1.807) is 12.1 Å². The Morgan fingerprint density at radius 3 is 2.71 bits per heavy atom. The van der Waals surface area contributed by atoms with Gasteiger partial charge < -0.3 is 4.90 Å². The molecule has 0 N–H and O–H groups in total. The average Bonchev–Trinajstić information content (AvgIpc) is 2.26. The van der Waals surface area contributed by atoms with E-state index in [1.807, 2.05) is 13.1 Å². The molecule has 1 rings (SSSR count). The maximum atomic E-state index is 12.0. The van der Waals surface area contributed by atoms with Crippen LogP contribution >= 0.6 is 27.5 Å². The van der Waals surface area contributed by atoms with Gasteiger partial charge in [-0.2, -0.15) is 0 Å². The molecule has 0 unspecified atom stereocenters. The van der Waals surface area contributed by atoms with Crippen LogP contribution in [0.2, 0.25) is 5.02 Å². The lowest BCUT2D eigenvalue weighted by atomic mass is 10.1. The van der Waals surface area contributed by atoms with Crippen LogP contribution in [0, 0.1) is 0 Å². The molecule has 2 nitrogen and oxygen atoms in total. The Labute approximate surface area is 116 Å². The summed E-state index contributed by atoms with van der Waals surface area (Å²) in [6.45, 7) is 3.92. The van der Waals surface area contributed by atoms with Crippen LogP contribution in [0.3, 0.4) is 0 Å². The summed E-state index contributed by atoms with van der Waals surface area (Å²) in [4.78, 5) is 14.1. The van der Waals surface area contributed by atoms with Gasteiger partial charge in [-0.3, -0.25) is 4.79 Å². The van der Waals surface area contributed by atoms with Crippen molar-refractivity contribution < 1.29 is 4.79 Å². The molecule has 0 heterocycles. The maximum absolute atomic E-state index is 12.0. The van der Waals surface area contributed by atoms with E-state index in [0.717, 1.165) is 24.0 Å². The Morgan fingerprint density at radius 1 is 1.41 bits per heavy atom. The van der Waals surface area contributed by atoms with Crippen LogP contribution in [0.4, 0.5) is 0 Å². The molecule has 17 heavy (non-hydrogen) atoms. The fraction of sp³-hybridized carbons (Fsp3) is 0.462. The van der Waals surface area contributed by atoms with Crippen molar-refractivity contribution in [2.45, 2.75) is 19.8 Å². The molecular formula is C13H17BrClNO. The van der Waals surface area contributed by atoms with Crippen molar-refractivity contribution in [3.63, 3.8) is 0 Å². The highest BCUT2D eigenvalue weighted by Crippen LogP contribution is 2.22. The van der Waals surface area contributed by atoms with Crippen molar-refractivity contribution in [3.05, 3.63) is 33.3 Å². The summed E-state index contributed by atoms with van der Waals surface area (Å²) in [5.41, 5.74) is 0.611. The maximum Gasteiger partial charge on any atom is 0.165 e. The van der Waals surface area contributed by atoms with Gasteiger partial charge in [-0.25, -0.2) is 0 Å². The fourth-order valence-corrected chi connectivity index (χ4v) is 2.42. The molecule has 1 aromatic rings. The van der Waals surface area contributed by atoms with Gasteiger partial charge in [-0.1, -0.05) is 34.5 Å². The molecule has 0 aliphatic rings. The van der Waals surface area contributed by atoms with Gasteiger partial charge in [0.1, 0.15) is 0 Å². The Bertz CT molecular complexity index is 395. The predicted octanol–water partition coefficient (Wildman–Crippen LogP) is 4.02. The molecule has 1 aromatic carbocycles. The topological polar surface area (TPSA) is 20.3 Å². The van der Waals surface area contributed by atoms with E-state index in [2.05, 4.69) is 27.8 Å². The van der Waals surface area contributed by atoms with Gasteiger partial charge >= 0.3 is 0 Å². The van der Waals surface area contributed by atoms with Crippen molar-refractivity contribution in [1.82, 2.24) is 4.90 Å². The third kappa shape index (κ3) is 4.78. The predicted molar refractivity (Wildman–Crippen MR) is 75.9 cm³/mol. The Morgan fingerprint density at radius 2 is 2.12 bits per heavy atom. The van der Waals surface area contributed by atoms with E-state index in [9.17, 15) is 4.79 Å². The highest BCUT2D eigenvalue weighted by molar-refractivity contribution is 9.10. The molecule has 0 aromatic heterocycles. The number of hydrogen-bond acceptors (Lipinski definition) is 2. The Hall–Kier alpha value is -0.380. The average molecular weight is 319 g/mol. The second-order valence-corrected chi connectivity index (χ2v) is 5.42. The van der Waals surface area contributed by atoms with Gasteiger partial charge in [0.05, 0.1) is 5.02 Å². The van der Waals surface area contributed by atoms with Crippen molar-refractivity contribution in [1.29, 1.82) is 0 Å². The van der Waals surface area contributed by atoms with E-state index in [-0.39, 0.29) is 5.78 Å². The molecule has 0 aliphatic carbocycles. The highest BCUT2D eigenvalue weighted by atomic mass is 79.9. The third-order valence-corrected chi connectivity index (χ3v) is 3.36. The molecule has 0 radical (unpaired) electrons. The quantitative estimate of drug-likeness (QED) is 0.738. The normalized spacial score (nSPS) is 10.9. The SMILES string of the molecule is CCCN(C)CCC(=O)c1ccc(Br)cc1Cl. The molecule has 94 valence electrons. The number of carbonyl (C=O) groups excluding carboxylic acids is 1. The van der Waals surface area contributed by atoms with Gasteiger partial charge in [0, 0.05) is 23.0 Å². The fourth-order valence-electron chi connectivity index (χ4n) is 1.64. The molecule has 0 saturated heterocycles. The van der Waals surface area contributed by atoms with Crippen molar-refractivity contribution >= 4 is 33.3 Å². The smallest absolute Gasteiger partial charge is 0.165 e. The first kappa shape index (κ1) is 14.7. The number of carbonyl (C=O) groups is 1. The summed E-state index contributed by atoms with van der Waals surface area (Å²) in [6.07, 6.45) is 1.61. The summed E-state index contributed by atoms with van der Waals surface area (Å²) < 4.78 is 0.891. The lowest BCUT2D eigenvalue weighted by molar-refractivity contribution is 0.0969.